The highest BCUT2D eigenvalue weighted by Crippen LogP contribution is 2.33. The van der Waals surface area contributed by atoms with Crippen LogP contribution in [0.2, 0.25) is 0 Å². The smallest absolute Gasteiger partial charge is 0.142 e. The van der Waals surface area contributed by atoms with Crippen LogP contribution in [0.15, 0.2) is 18.2 Å². The summed E-state index contributed by atoms with van der Waals surface area (Å²) in [6.07, 6.45) is 0. The van der Waals surface area contributed by atoms with Crippen molar-refractivity contribution in [3.63, 3.8) is 0 Å². The molecule has 0 radical (unpaired) electrons. The molecule has 1 unspecified atom stereocenters. The standard InChI is InChI=1S/C17H28N2O2/c1-5-20-14-7-8-17(21-6-2)16(11-14)19-10-9-18-15(12-19)13(3)4/h7-8,11,13,15,18H,5-6,9-10,12H2,1-4H3. The lowest BCUT2D eigenvalue weighted by atomic mass is 10.0. The van der Waals surface area contributed by atoms with Crippen LogP contribution in [0.1, 0.15) is 27.7 Å². The van der Waals surface area contributed by atoms with Gasteiger partial charge in [-0.1, -0.05) is 13.8 Å². The highest BCUT2D eigenvalue weighted by molar-refractivity contribution is 5.62. The average molecular weight is 292 g/mol. The zero-order valence-electron chi connectivity index (χ0n) is 13.7. The zero-order chi connectivity index (χ0) is 15.2. The normalized spacial score (nSPS) is 18.9. The first kappa shape index (κ1) is 16.0. The van der Waals surface area contributed by atoms with E-state index in [2.05, 4.69) is 30.1 Å². The minimum Gasteiger partial charge on any atom is -0.494 e. The van der Waals surface area contributed by atoms with Crippen LogP contribution >= 0.6 is 0 Å². The molecule has 4 nitrogen and oxygen atoms in total. The van der Waals surface area contributed by atoms with E-state index in [0.29, 0.717) is 25.2 Å². The first-order valence-corrected chi connectivity index (χ1v) is 8.03. The fourth-order valence-electron chi connectivity index (χ4n) is 2.72. The lowest BCUT2D eigenvalue weighted by Crippen LogP contribution is -2.53. The summed E-state index contributed by atoms with van der Waals surface area (Å²) in [7, 11) is 0. The fourth-order valence-corrected chi connectivity index (χ4v) is 2.72. The molecule has 1 heterocycles. The van der Waals surface area contributed by atoms with E-state index >= 15 is 0 Å². The number of rotatable bonds is 6. The van der Waals surface area contributed by atoms with Crippen molar-refractivity contribution >= 4 is 5.69 Å². The van der Waals surface area contributed by atoms with Crippen LogP contribution in [0.4, 0.5) is 5.69 Å². The molecule has 1 fully saturated rings. The number of anilines is 1. The first-order chi connectivity index (χ1) is 10.2. The van der Waals surface area contributed by atoms with E-state index in [1.54, 1.807) is 0 Å². The van der Waals surface area contributed by atoms with Crippen molar-refractivity contribution < 1.29 is 9.47 Å². The van der Waals surface area contributed by atoms with Gasteiger partial charge in [-0.05, 0) is 31.9 Å². The van der Waals surface area contributed by atoms with Gasteiger partial charge in [0.1, 0.15) is 11.5 Å². The molecular formula is C17H28N2O2. The molecule has 1 saturated heterocycles. The Morgan fingerprint density at radius 2 is 2.00 bits per heavy atom. The van der Waals surface area contributed by atoms with Gasteiger partial charge in [0, 0.05) is 31.7 Å². The Labute approximate surface area is 128 Å². The van der Waals surface area contributed by atoms with Gasteiger partial charge in [-0.2, -0.15) is 0 Å². The molecule has 1 aliphatic heterocycles. The molecule has 4 heteroatoms. The molecule has 21 heavy (non-hydrogen) atoms. The molecule has 1 atom stereocenters. The van der Waals surface area contributed by atoms with Crippen molar-refractivity contribution in [2.75, 3.05) is 37.7 Å². The Morgan fingerprint density at radius 3 is 2.67 bits per heavy atom. The van der Waals surface area contributed by atoms with Crippen LogP contribution in [-0.4, -0.2) is 38.9 Å². The molecule has 1 aromatic rings. The van der Waals surface area contributed by atoms with E-state index in [-0.39, 0.29) is 0 Å². The molecule has 0 aromatic heterocycles. The van der Waals surface area contributed by atoms with Crippen LogP contribution in [0.3, 0.4) is 0 Å². The predicted molar refractivity (Wildman–Crippen MR) is 87.6 cm³/mol. The second kappa shape index (κ2) is 7.55. The van der Waals surface area contributed by atoms with Gasteiger partial charge in [0.05, 0.1) is 18.9 Å². The number of hydrogen-bond acceptors (Lipinski definition) is 4. The molecule has 0 spiro atoms. The van der Waals surface area contributed by atoms with Gasteiger partial charge in [-0.15, -0.1) is 0 Å². The quantitative estimate of drug-likeness (QED) is 0.874. The SMILES string of the molecule is CCOc1ccc(OCC)c(N2CCNC(C(C)C)C2)c1. The maximum atomic E-state index is 5.80. The lowest BCUT2D eigenvalue weighted by molar-refractivity contribution is 0.326. The van der Waals surface area contributed by atoms with Crippen molar-refractivity contribution in [2.24, 2.45) is 5.92 Å². The number of hydrogen-bond donors (Lipinski definition) is 1. The van der Waals surface area contributed by atoms with E-state index in [4.69, 9.17) is 9.47 Å². The summed E-state index contributed by atoms with van der Waals surface area (Å²) in [4.78, 5) is 2.41. The van der Waals surface area contributed by atoms with Crippen LogP contribution in [0.5, 0.6) is 11.5 Å². The van der Waals surface area contributed by atoms with Gasteiger partial charge >= 0.3 is 0 Å². The van der Waals surface area contributed by atoms with E-state index < -0.39 is 0 Å². The second-order valence-corrected chi connectivity index (χ2v) is 5.75. The van der Waals surface area contributed by atoms with Gasteiger partial charge in [0.25, 0.3) is 0 Å². The Morgan fingerprint density at radius 1 is 1.24 bits per heavy atom. The summed E-state index contributed by atoms with van der Waals surface area (Å²) in [5.41, 5.74) is 1.15. The van der Waals surface area contributed by atoms with Crippen molar-refractivity contribution in [3.8, 4) is 11.5 Å². The fraction of sp³-hybridized carbons (Fsp3) is 0.647. The minimum absolute atomic E-state index is 0.518. The lowest BCUT2D eigenvalue weighted by Gasteiger charge is -2.37. The second-order valence-electron chi connectivity index (χ2n) is 5.75. The number of nitrogens with one attached hydrogen (secondary N) is 1. The summed E-state index contributed by atoms with van der Waals surface area (Å²) in [5, 5.41) is 3.60. The molecule has 0 bridgehead atoms. The van der Waals surface area contributed by atoms with Gasteiger partial charge in [-0.25, -0.2) is 0 Å². The summed E-state index contributed by atoms with van der Waals surface area (Å²) in [6, 6.07) is 6.64. The molecule has 1 aromatic carbocycles. The van der Waals surface area contributed by atoms with Gasteiger partial charge in [-0.3, -0.25) is 0 Å². The van der Waals surface area contributed by atoms with Crippen molar-refractivity contribution in [3.05, 3.63) is 18.2 Å². The molecule has 1 aliphatic rings. The highest BCUT2D eigenvalue weighted by Gasteiger charge is 2.24. The minimum atomic E-state index is 0.518. The Bertz CT molecular complexity index is 448. The number of nitrogens with zero attached hydrogens (tertiary/aromatic N) is 1. The zero-order valence-corrected chi connectivity index (χ0v) is 13.7. The van der Waals surface area contributed by atoms with Crippen LogP contribution in [0, 0.1) is 5.92 Å². The molecule has 118 valence electrons. The molecule has 0 saturated carbocycles. The van der Waals surface area contributed by atoms with Crippen molar-refractivity contribution in [2.45, 2.75) is 33.7 Å². The highest BCUT2D eigenvalue weighted by atomic mass is 16.5. The topological polar surface area (TPSA) is 33.7 Å². The Balaban J connectivity index is 2.24. The third-order valence-corrected chi connectivity index (χ3v) is 3.89. The van der Waals surface area contributed by atoms with E-state index in [9.17, 15) is 0 Å². The van der Waals surface area contributed by atoms with Crippen LogP contribution in [-0.2, 0) is 0 Å². The van der Waals surface area contributed by atoms with Crippen molar-refractivity contribution in [1.29, 1.82) is 0 Å². The van der Waals surface area contributed by atoms with Crippen LogP contribution in [0.25, 0.3) is 0 Å². The van der Waals surface area contributed by atoms with Gasteiger partial charge in [0.15, 0.2) is 0 Å². The molecule has 0 amide bonds. The molecule has 1 N–H and O–H groups in total. The first-order valence-electron chi connectivity index (χ1n) is 8.03. The monoisotopic (exact) mass is 292 g/mol. The van der Waals surface area contributed by atoms with Crippen LogP contribution < -0.4 is 19.7 Å². The summed E-state index contributed by atoms with van der Waals surface area (Å²) < 4.78 is 11.4. The third kappa shape index (κ3) is 4.03. The Kier molecular flexibility index (Phi) is 5.74. The van der Waals surface area contributed by atoms with E-state index in [0.717, 1.165) is 36.8 Å². The molecular weight excluding hydrogens is 264 g/mol. The average Bonchev–Trinajstić information content (AvgIpc) is 2.49. The maximum absolute atomic E-state index is 5.80. The molecule has 0 aliphatic carbocycles. The maximum Gasteiger partial charge on any atom is 0.142 e. The molecule has 2 rings (SSSR count). The van der Waals surface area contributed by atoms with Crippen molar-refractivity contribution in [1.82, 2.24) is 5.32 Å². The predicted octanol–water partition coefficient (Wildman–Crippen LogP) is 2.92. The number of benzene rings is 1. The van der Waals surface area contributed by atoms with Gasteiger partial charge in [0.2, 0.25) is 0 Å². The number of piperazine rings is 1. The Hall–Kier alpha value is -1.42. The third-order valence-electron chi connectivity index (χ3n) is 3.89. The number of ether oxygens (including phenoxy) is 2. The summed E-state index contributed by atoms with van der Waals surface area (Å²) in [5.74, 6) is 2.49. The largest absolute Gasteiger partial charge is 0.494 e. The summed E-state index contributed by atoms with van der Waals surface area (Å²) >= 11 is 0. The van der Waals surface area contributed by atoms with E-state index in [1.165, 1.54) is 0 Å². The van der Waals surface area contributed by atoms with Gasteiger partial charge < -0.3 is 19.7 Å². The van der Waals surface area contributed by atoms with E-state index in [1.807, 2.05) is 26.0 Å². The summed E-state index contributed by atoms with van der Waals surface area (Å²) in [6.45, 7) is 12.9.